The highest BCUT2D eigenvalue weighted by atomic mass is 15.1. The standard InChI is InChI=1S/C17H18N4/c18-11-17(6-2-7-17)13-4-1-3-12(9-13)14-5-8-19-16-15(14)10-20-21-16/h1,3-5,8-10H,2,6-7,11,18H2,(H,19,20,21). The van der Waals surface area contributed by atoms with E-state index in [-0.39, 0.29) is 5.41 Å². The number of benzene rings is 1. The number of aromatic amines is 1. The maximum absolute atomic E-state index is 6.04. The van der Waals surface area contributed by atoms with Crippen molar-refractivity contribution in [2.24, 2.45) is 5.73 Å². The van der Waals surface area contributed by atoms with E-state index in [1.54, 1.807) is 0 Å². The highest BCUT2D eigenvalue weighted by molar-refractivity contribution is 5.92. The fourth-order valence-electron chi connectivity index (χ4n) is 3.33. The molecule has 0 aliphatic heterocycles. The molecule has 2 heterocycles. The number of H-pyrrole nitrogens is 1. The lowest BCUT2D eigenvalue weighted by molar-refractivity contribution is 0.253. The normalized spacial score (nSPS) is 16.8. The Morgan fingerprint density at radius 2 is 2.14 bits per heavy atom. The molecule has 2 aromatic heterocycles. The van der Waals surface area contributed by atoms with Crippen molar-refractivity contribution >= 4 is 11.0 Å². The van der Waals surface area contributed by atoms with E-state index in [1.807, 2.05) is 18.5 Å². The summed E-state index contributed by atoms with van der Waals surface area (Å²) in [5, 5.41) is 8.08. The van der Waals surface area contributed by atoms with Gasteiger partial charge in [-0.2, -0.15) is 5.10 Å². The fraction of sp³-hybridized carbons (Fsp3) is 0.294. The molecule has 1 aromatic carbocycles. The van der Waals surface area contributed by atoms with Gasteiger partial charge < -0.3 is 5.73 Å². The van der Waals surface area contributed by atoms with E-state index in [2.05, 4.69) is 39.4 Å². The van der Waals surface area contributed by atoms with Gasteiger partial charge in [-0.1, -0.05) is 30.7 Å². The van der Waals surface area contributed by atoms with Gasteiger partial charge in [-0.05, 0) is 35.6 Å². The zero-order chi connectivity index (χ0) is 14.3. The number of aromatic nitrogens is 3. The van der Waals surface area contributed by atoms with Crippen molar-refractivity contribution in [1.29, 1.82) is 0 Å². The maximum atomic E-state index is 6.04. The molecule has 21 heavy (non-hydrogen) atoms. The second kappa shape index (κ2) is 4.67. The van der Waals surface area contributed by atoms with Crippen molar-refractivity contribution in [3.63, 3.8) is 0 Å². The Morgan fingerprint density at radius 3 is 2.90 bits per heavy atom. The Bertz CT molecular complexity index is 781. The van der Waals surface area contributed by atoms with E-state index in [4.69, 9.17) is 5.73 Å². The van der Waals surface area contributed by atoms with Gasteiger partial charge in [0, 0.05) is 23.5 Å². The van der Waals surface area contributed by atoms with Crippen LogP contribution in [0.25, 0.3) is 22.2 Å². The van der Waals surface area contributed by atoms with Gasteiger partial charge in [0.25, 0.3) is 0 Å². The third-order valence-electron chi connectivity index (χ3n) is 4.84. The van der Waals surface area contributed by atoms with Crippen molar-refractivity contribution < 1.29 is 0 Å². The molecule has 0 amide bonds. The molecule has 1 fully saturated rings. The highest BCUT2D eigenvalue weighted by Crippen LogP contribution is 2.43. The van der Waals surface area contributed by atoms with Crippen molar-refractivity contribution in [3.05, 3.63) is 48.3 Å². The second-order valence-electron chi connectivity index (χ2n) is 5.91. The third-order valence-corrected chi connectivity index (χ3v) is 4.84. The monoisotopic (exact) mass is 278 g/mol. The van der Waals surface area contributed by atoms with Crippen molar-refractivity contribution in [2.75, 3.05) is 6.54 Å². The van der Waals surface area contributed by atoms with Crippen LogP contribution in [0.4, 0.5) is 0 Å². The van der Waals surface area contributed by atoms with Crippen LogP contribution in [0.3, 0.4) is 0 Å². The number of hydrogen-bond donors (Lipinski definition) is 2. The molecule has 0 spiro atoms. The van der Waals surface area contributed by atoms with Crippen molar-refractivity contribution in [2.45, 2.75) is 24.7 Å². The van der Waals surface area contributed by atoms with E-state index in [0.717, 1.165) is 17.6 Å². The molecular formula is C17H18N4. The van der Waals surface area contributed by atoms with Gasteiger partial charge in [0.2, 0.25) is 0 Å². The van der Waals surface area contributed by atoms with Gasteiger partial charge in [-0.3, -0.25) is 5.10 Å². The van der Waals surface area contributed by atoms with Gasteiger partial charge in [-0.25, -0.2) is 4.98 Å². The van der Waals surface area contributed by atoms with Gasteiger partial charge in [0.1, 0.15) is 0 Å². The number of nitrogens with two attached hydrogens (primary N) is 1. The molecule has 1 aliphatic carbocycles. The molecule has 4 nitrogen and oxygen atoms in total. The Hall–Kier alpha value is -2.20. The number of nitrogens with zero attached hydrogens (tertiary/aromatic N) is 2. The molecule has 4 rings (SSSR count). The minimum Gasteiger partial charge on any atom is -0.330 e. The van der Waals surface area contributed by atoms with Gasteiger partial charge >= 0.3 is 0 Å². The van der Waals surface area contributed by atoms with Crippen LogP contribution in [0.15, 0.2) is 42.7 Å². The van der Waals surface area contributed by atoms with Crippen molar-refractivity contribution in [1.82, 2.24) is 15.2 Å². The summed E-state index contributed by atoms with van der Waals surface area (Å²) in [6.45, 7) is 0.730. The van der Waals surface area contributed by atoms with Crippen LogP contribution in [-0.4, -0.2) is 21.7 Å². The smallest absolute Gasteiger partial charge is 0.155 e. The van der Waals surface area contributed by atoms with Crippen LogP contribution in [0, 0.1) is 0 Å². The number of rotatable bonds is 3. The summed E-state index contributed by atoms with van der Waals surface area (Å²) in [7, 11) is 0. The van der Waals surface area contributed by atoms with Crippen LogP contribution >= 0.6 is 0 Å². The Labute approximate surface area is 123 Å². The molecule has 0 saturated heterocycles. The predicted octanol–water partition coefficient (Wildman–Crippen LogP) is 3.01. The van der Waals surface area contributed by atoms with E-state index in [0.29, 0.717) is 0 Å². The highest BCUT2D eigenvalue weighted by Gasteiger charge is 2.37. The number of nitrogens with one attached hydrogen (secondary N) is 1. The molecule has 106 valence electrons. The lowest BCUT2D eigenvalue weighted by atomic mass is 9.64. The van der Waals surface area contributed by atoms with E-state index in [9.17, 15) is 0 Å². The van der Waals surface area contributed by atoms with Gasteiger partial charge in [0.05, 0.1) is 6.20 Å². The molecule has 3 aromatic rings. The predicted molar refractivity (Wildman–Crippen MR) is 83.9 cm³/mol. The minimum atomic E-state index is 0.193. The Balaban J connectivity index is 1.84. The molecule has 0 bridgehead atoms. The summed E-state index contributed by atoms with van der Waals surface area (Å²) in [5.41, 5.74) is 10.8. The SMILES string of the molecule is NCC1(c2cccc(-c3ccnc4[nH]ncc34)c2)CCC1. The average molecular weight is 278 g/mol. The Kier molecular flexibility index (Phi) is 2.79. The molecule has 0 radical (unpaired) electrons. The quantitative estimate of drug-likeness (QED) is 0.774. The zero-order valence-corrected chi connectivity index (χ0v) is 11.8. The second-order valence-corrected chi connectivity index (χ2v) is 5.91. The molecule has 3 N–H and O–H groups in total. The van der Waals surface area contributed by atoms with Crippen LogP contribution in [-0.2, 0) is 5.41 Å². The first kappa shape index (κ1) is 12.5. The molecule has 1 aliphatic rings. The molecule has 0 atom stereocenters. The molecule has 0 unspecified atom stereocenters. The molecule has 4 heteroatoms. The lowest BCUT2D eigenvalue weighted by Crippen LogP contribution is -2.41. The number of hydrogen-bond acceptors (Lipinski definition) is 3. The Morgan fingerprint density at radius 1 is 1.24 bits per heavy atom. The first-order chi connectivity index (χ1) is 10.3. The first-order valence-corrected chi connectivity index (χ1v) is 7.41. The van der Waals surface area contributed by atoms with Crippen molar-refractivity contribution in [3.8, 4) is 11.1 Å². The van der Waals surface area contributed by atoms with Crippen LogP contribution < -0.4 is 5.73 Å². The lowest BCUT2D eigenvalue weighted by Gasteiger charge is -2.41. The van der Waals surface area contributed by atoms with E-state index in [1.165, 1.54) is 36.0 Å². The summed E-state index contributed by atoms with van der Waals surface area (Å²) in [5.74, 6) is 0. The van der Waals surface area contributed by atoms with Crippen LogP contribution in [0.1, 0.15) is 24.8 Å². The minimum absolute atomic E-state index is 0.193. The summed E-state index contributed by atoms with van der Waals surface area (Å²) in [6.07, 6.45) is 7.34. The summed E-state index contributed by atoms with van der Waals surface area (Å²) in [6, 6.07) is 10.8. The van der Waals surface area contributed by atoms with E-state index < -0.39 is 0 Å². The maximum Gasteiger partial charge on any atom is 0.155 e. The topological polar surface area (TPSA) is 67.6 Å². The van der Waals surface area contributed by atoms with Gasteiger partial charge in [-0.15, -0.1) is 0 Å². The van der Waals surface area contributed by atoms with E-state index >= 15 is 0 Å². The summed E-state index contributed by atoms with van der Waals surface area (Å²) >= 11 is 0. The average Bonchev–Trinajstić information content (AvgIpc) is 2.95. The number of fused-ring (bicyclic) bond motifs is 1. The van der Waals surface area contributed by atoms with Crippen LogP contribution in [0.5, 0.6) is 0 Å². The first-order valence-electron chi connectivity index (χ1n) is 7.41. The largest absolute Gasteiger partial charge is 0.330 e. The number of pyridine rings is 1. The van der Waals surface area contributed by atoms with Crippen LogP contribution in [0.2, 0.25) is 0 Å². The fourth-order valence-corrected chi connectivity index (χ4v) is 3.33. The molecular weight excluding hydrogens is 260 g/mol. The summed E-state index contributed by atoms with van der Waals surface area (Å²) in [4.78, 5) is 4.30. The third kappa shape index (κ3) is 1.87. The zero-order valence-electron chi connectivity index (χ0n) is 11.8. The van der Waals surface area contributed by atoms with Gasteiger partial charge in [0.15, 0.2) is 5.65 Å². The molecule has 1 saturated carbocycles. The summed E-state index contributed by atoms with van der Waals surface area (Å²) < 4.78 is 0.